The fraction of sp³-hybridized carbons (Fsp3) is 0.444. The van der Waals surface area contributed by atoms with Gasteiger partial charge in [-0.25, -0.2) is 18.0 Å². The van der Waals surface area contributed by atoms with Crippen LogP contribution < -0.4 is 15.4 Å². The third-order valence-electron chi connectivity index (χ3n) is 11.3. The standard InChI is InChI=1S/C36H33F7N10O2S/c1-3-51(24-7-10-52(17(24)2)34(54)53-16-46-32(40)49-53)31-20-11-22(36(41,42)43)26(19-5-6-23(38)29-25(19)21(13-44)30(45)56-29)27(39)28(20)47-33(48-31)55-15-35-8-4-9-50(35)14-18(37)12-35/h5-6,11,16-18,24H,3-4,7-10,12,14-15,45H2,1-2H3/t17-,18-,24-,35+/m1/s1. The van der Waals surface area contributed by atoms with Gasteiger partial charge < -0.3 is 20.3 Å². The van der Waals surface area contributed by atoms with Gasteiger partial charge in [-0.15, -0.1) is 16.4 Å². The highest BCUT2D eigenvalue weighted by Crippen LogP contribution is 2.49. The van der Waals surface area contributed by atoms with Crippen LogP contribution in [0.15, 0.2) is 24.5 Å². The Labute approximate surface area is 318 Å². The average molecular weight is 803 g/mol. The summed E-state index contributed by atoms with van der Waals surface area (Å²) in [4.78, 5) is 30.6. The monoisotopic (exact) mass is 802 g/mol. The molecule has 3 fully saturated rings. The number of hydrogen-bond acceptors (Lipinski definition) is 11. The molecule has 3 aliphatic rings. The largest absolute Gasteiger partial charge is 0.461 e. The number of carbonyl (C=O) groups excluding carboxylic acids is 1. The van der Waals surface area contributed by atoms with Crippen LogP contribution in [0, 0.1) is 29.0 Å². The quantitative estimate of drug-likeness (QED) is 0.173. The zero-order valence-electron chi connectivity index (χ0n) is 29.9. The van der Waals surface area contributed by atoms with Crippen molar-refractivity contribution in [2.45, 2.75) is 69.5 Å². The van der Waals surface area contributed by atoms with Crippen molar-refractivity contribution in [2.24, 2.45) is 0 Å². The van der Waals surface area contributed by atoms with Gasteiger partial charge in [0.2, 0.25) is 0 Å². The number of nitrogen functional groups attached to an aromatic ring is 1. The Bertz CT molecular complexity index is 2430. The minimum Gasteiger partial charge on any atom is -0.461 e. The van der Waals surface area contributed by atoms with E-state index in [0.717, 1.165) is 35.6 Å². The van der Waals surface area contributed by atoms with Crippen molar-refractivity contribution in [3.63, 3.8) is 0 Å². The molecule has 0 aliphatic carbocycles. The van der Waals surface area contributed by atoms with E-state index in [1.165, 1.54) is 4.90 Å². The number of nitriles is 1. The molecule has 0 unspecified atom stereocenters. The summed E-state index contributed by atoms with van der Waals surface area (Å²) in [6, 6.07) is 2.08. The fourth-order valence-corrected chi connectivity index (χ4v) is 9.68. The van der Waals surface area contributed by atoms with E-state index >= 15 is 22.0 Å². The van der Waals surface area contributed by atoms with Crippen LogP contribution in [-0.4, -0.2) is 97.1 Å². The lowest BCUT2D eigenvalue weighted by Gasteiger charge is -2.34. The highest BCUT2D eigenvalue weighted by molar-refractivity contribution is 7.23. The first-order chi connectivity index (χ1) is 26.7. The molecule has 294 valence electrons. The summed E-state index contributed by atoms with van der Waals surface area (Å²) in [6.07, 6.45) is -4.57. The number of likely N-dealkylation sites (N-methyl/N-ethyl adjacent to an activating group) is 1. The third-order valence-corrected chi connectivity index (χ3v) is 12.3. The second-order valence-electron chi connectivity index (χ2n) is 14.3. The molecule has 5 aromatic rings. The van der Waals surface area contributed by atoms with Gasteiger partial charge in [0.05, 0.1) is 33.4 Å². The summed E-state index contributed by atoms with van der Waals surface area (Å²) in [7, 11) is 0. The van der Waals surface area contributed by atoms with E-state index in [-0.39, 0.29) is 76.9 Å². The van der Waals surface area contributed by atoms with E-state index in [9.17, 15) is 18.8 Å². The van der Waals surface area contributed by atoms with E-state index in [1.54, 1.807) is 18.7 Å². The number of halogens is 7. The number of amides is 1. The molecule has 56 heavy (non-hydrogen) atoms. The molecule has 6 heterocycles. The number of benzene rings is 2. The van der Waals surface area contributed by atoms with Crippen molar-refractivity contribution < 1.29 is 40.3 Å². The number of thiophene rings is 1. The molecule has 0 bridgehead atoms. The zero-order valence-corrected chi connectivity index (χ0v) is 30.7. The molecule has 20 heteroatoms. The molecule has 3 aliphatic heterocycles. The first kappa shape index (κ1) is 37.6. The molecule has 8 rings (SSSR count). The molecule has 3 aromatic heterocycles. The van der Waals surface area contributed by atoms with Crippen LogP contribution in [0.25, 0.3) is 32.1 Å². The lowest BCUT2D eigenvalue weighted by molar-refractivity contribution is -0.137. The molecule has 1 amide bonds. The van der Waals surface area contributed by atoms with Gasteiger partial charge in [-0.05, 0) is 57.4 Å². The molecule has 3 saturated heterocycles. The highest BCUT2D eigenvalue weighted by atomic mass is 32.1. The van der Waals surface area contributed by atoms with Gasteiger partial charge in [-0.3, -0.25) is 4.90 Å². The maximum atomic E-state index is 17.3. The summed E-state index contributed by atoms with van der Waals surface area (Å²) >= 11 is 0.653. The number of likely N-dealkylation sites (tertiary alicyclic amines) is 1. The van der Waals surface area contributed by atoms with Gasteiger partial charge in [-0.1, -0.05) is 6.07 Å². The van der Waals surface area contributed by atoms with Crippen LogP contribution in [0.3, 0.4) is 0 Å². The lowest BCUT2D eigenvalue weighted by Crippen LogP contribution is -2.47. The number of hydrogen-bond donors (Lipinski definition) is 1. The number of nitrogens with zero attached hydrogens (tertiary/aromatic N) is 9. The predicted molar refractivity (Wildman–Crippen MR) is 191 cm³/mol. The second kappa shape index (κ2) is 13.7. The van der Waals surface area contributed by atoms with Crippen molar-refractivity contribution in [1.29, 1.82) is 5.26 Å². The fourth-order valence-electron chi connectivity index (χ4n) is 8.74. The Balaban J connectivity index is 1.31. The van der Waals surface area contributed by atoms with E-state index in [0.29, 0.717) is 24.3 Å². The van der Waals surface area contributed by atoms with Crippen LogP contribution >= 0.6 is 11.3 Å². The first-order valence-corrected chi connectivity index (χ1v) is 18.7. The summed E-state index contributed by atoms with van der Waals surface area (Å²) in [5.41, 5.74) is 1.60. The molecular formula is C36H33F7N10O2S. The molecule has 2 aromatic carbocycles. The predicted octanol–water partition coefficient (Wildman–Crippen LogP) is 6.91. The minimum absolute atomic E-state index is 0.0749. The van der Waals surface area contributed by atoms with Gasteiger partial charge in [0.15, 0.2) is 5.82 Å². The van der Waals surface area contributed by atoms with Gasteiger partial charge in [-0.2, -0.15) is 42.5 Å². The minimum atomic E-state index is -5.18. The van der Waals surface area contributed by atoms with Crippen molar-refractivity contribution >= 4 is 49.2 Å². The van der Waals surface area contributed by atoms with Gasteiger partial charge in [0.25, 0.3) is 0 Å². The van der Waals surface area contributed by atoms with Gasteiger partial charge in [0.1, 0.15) is 47.3 Å². The van der Waals surface area contributed by atoms with Crippen LogP contribution in [0.1, 0.15) is 50.7 Å². The Morgan fingerprint density at radius 3 is 2.70 bits per heavy atom. The summed E-state index contributed by atoms with van der Waals surface area (Å²) in [6.45, 7) is 4.47. The average Bonchev–Trinajstić information content (AvgIpc) is 3.97. The van der Waals surface area contributed by atoms with Crippen LogP contribution in [0.5, 0.6) is 6.01 Å². The van der Waals surface area contributed by atoms with Crippen LogP contribution in [0.2, 0.25) is 0 Å². The summed E-state index contributed by atoms with van der Waals surface area (Å²) in [5.74, 6) is -2.42. The van der Waals surface area contributed by atoms with Gasteiger partial charge >= 0.3 is 24.3 Å². The number of anilines is 2. The van der Waals surface area contributed by atoms with Crippen LogP contribution in [-0.2, 0) is 6.18 Å². The molecule has 0 spiro atoms. The first-order valence-electron chi connectivity index (χ1n) is 17.8. The smallest absolute Gasteiger partial charge is 0.417 e. The third kappa shape index (κ3) is 6.02. The van der Waals surface area contributed by atoms with Crippen molar-refractivity contribution in [3.8, 4) is 23.2 Å². The Kier molecular flexibility index (Phi) is 9.22. The van der Waals surface area contributed by atoms with Crippen molar-refractivity contribution in [2.75, 3.05) is 43.4 Å². The number of alkyl halides is 4. The van der Waals surface area contributed by atoms with E-state index in [2.05, 4.69) is 20.1 Å². The van der Waals surface area contributed by atoms with E-state index in [1.807, 2.05) is 11.0 Å². The summed E-state index contributed by atoms with van der Waals surface area (Å²) in [5, 5.41) is 12.6. The number of ether oxygens (including phenoxy) is 1. The number of nitrogens with two attached hydrogens (primary N) is 1. The highest BCUT2D eigenvalue weighted by Gasteiger charge is 2.50. The number of aromatic nitrogens is 5. The normalized spacial score (nSPS) is 22.6. The Morgan fingerprint density at radius 1 is 1.21 bits per heavy atom. The Morgan fingerprint density at radius 2 is 2.00 bits per heavy atom. The van der Waals surface area contributed by atoms with E-state index in [4.69, 9.17) is 10.5 Å². The number of fused-ring (bicyclic) bond motifs is 3. The SMILES string of the molecule is CCN(c1nc(OC[C@@]23CCCN2C[C@H](F)C3)nc2c(F)c(-c3ccc(F)c4sc(N)c(C#N)c34)c(C(F)(F)F)cc12)[C@@H]1CCN(C(=O)n2cnc(F)n2)[C@@H]1C. The number of rotatable bonds is 7. The molecule has 12 nitrogen and oxygen atoms in total. The zero-order chi connectivity index (χ0) is 39.8. The molecule has 4 atom stereocenters. The maximum absolute atomic E-state index is 17.3. The topological polar surface area (TPSA) is 142 Å². The summed E-state index contributed by atoms with van der Waals surface area (Å²) < 4.78 is 113. The molecular weight excluding hydrogens is 770 g/mol. The Hall–Kier alpha value is -5.29. The lowest BCUT2D eigenvalue weighted by atomic mass is 9.92. The second-order valence-corrected chi connectivity index (χ2v) is 15.3. The molecule has 2 N–H and O–H groups in total. The van der Waals surface area contributed by atoms with Crippen molar-refractivity contribution in [1.82, 2.24) is 34.5 Å². The van der Waals surface area contributed by atoms with Crippen molar-refractivity contribution in [3.05, 3.63) is 53.4 Å². The molecule has 0 saturated carbocycles. The van der Waals surface area contributed by atoms with Crippen LogP contribution in [0.4, 0.5) is 46.3 Å². The van der Waals surface area contributed by atoms with E-state index < -0.39 is 75.9 Å². The number of carbonyl (C=O) groups is 1. The van der Waals surface area contributed by atoms with Gasteiger partial charge in [0, 0.05) is 42.4 Å². The maximum Gasteiger partial charge on any atom is 0.417 e. The molecule has 0 radical (unpaired) electrons.